The summed E-state index contributed by atoms with van der Waals surface area (Å²) in [6, 6.07) is 11.5. The molecule has 0 saturated heterocycles. The summed E-state index contributed by atoms with van der Waals surface area (Å²) in [4.78, 5) is 33.9. The highest BCUT2D eigenvalue weighted by Gasteiger charge is 2.10. The van der Waals surface area contributed by atoms with E-state index in [1.165, 1.54) is 19.4 Å². The maximum absolute atomic E-state index is 12.5. The van der Waals surface area contributed by atoms with Gasteiger partial charge in [0.05, 0.1) is 24.2 Å². The first-order valence-electron chi connectivity index (χ1n) is 8.30. The van der Waals surface area contributed by atoms with Gasteiger partial charge in [-0.25, -0.2) is 10.4 Å². The molecule has 0 unspecified atom stereocenters. The minimum atomic E-state index is -0.585. The van der Waals surface area contributed by atoms with Crippen molar-refractivity contribution in [3.63, 3.8) is 0 Å². The van der Waals surface area contributed by atoms with E-state index in [0.29, 0.717) is 28.0 Å². The van der Waals surface area contributed by atoms with Crippen molar-refractivity contribution >= 4 is 23.0 Å². The van der Waals surface area contributed by atoms with Gasteiger partial charge < -0.3 is 14.7 Å². The van der Waals surface area contributed by atoms with E-state index in [2.05, 4.69) is 15.5 Å². The molecule has 0 fully saturated rings. The van der Waals surface area contributed by atoms with E-state index in [-0.39, 0.29) is 5.75 Å². The van der Waals surface area contributed by atoms with Crippen LogP contribution in [0.4, 0.5) is 0 Å². The summed E-state index contributed by atoms with van der Waals surface area (Å²) in [6.45, 7) is 1.16. The van der Waals surface area contributed by atoms with Crippen molar-refractivity contribution in [3.8, 4) is 11.5 Å². The lowest BCUT2D eigenvalue weighted by Crippen LogP contribution is -2.35. The fourth-order valence-corrected chi connectivity index (χ4v) is 2.47. The Bertz CT molecular complexity index is 1110. The molecule has 0 radical (unpaired) electrons. The Morgan fingerprint density at radius 3 is 2.89 bits per heavy atom. The number of rotatable bonds is 6. The molecule has 2 aromatic carbocycles. The van der Waals surface area contributed by atoms with E-state index in [9.17, 15) is 14.7 Å². The topological polar surface area (TPSA) is 115 Å². The number of benzene rings is 2. The number of aryl methyl sites for hydroxylation is 1. The number of ether oxygens (including phenoxy) is 1. The number of hydrogen-bond acceptors (Lipinski definition) is 7. The van der Waals surface area contributed by atoms with E-state index in [1.807, 2.05) is 0 Å². The second kappa shape index (κ2) is 8.21. The number of amides is 1. The molecule has 0 aliphatic heterocycles. The Kier molecular flexibility index (Phi) is 5.54. The van der Waals surface area contributed by atoms with Crippen LogP contribution < -0.4 is 20.6 Å². The molecule has 2 N–H and O–H groups in total. The van der Waals surface area contributed by atoms with E-state index < -0.39 is 18.1 Å². The Morgan fingerprint density at radius 1 is 1.32 bits per heavy atom. The molecule has 3 rings (SSSR count). The van der Waals surface area contributed by atoms with Crippen molar-refractivity contribution in [2.75, 3.05) is 13.7 Å². The number of nitrogens with zero attached hydrogens (tertiary/aromatic N) is 3. The number of hydrogen-bond donors (Lipinski definition) is 2. The van der Waals surface area contributed by atoms with Crippen LogP contribution in [0, 0.1) is 6.92 Å². The highest BCUT2D eigenvalue weighted by molar-refractivity contribution is 5.85. The van der Waals surface area contributed by atoms with Gasteiger partial charge in [-0.1, -0.05) is 12.1 Å². The lowest BCUT2D eigenvalue weighted by atomic mass is 10.2. The first-order valence-corrected chi connectivity index (χ1v) is 8.30. The number of nitrogens with one attached hydrogen (secondary N) is 1. The van der Waals surface area contributed by atoms with Gasteiger partial charge >= 0.3 is 0 Å². The maximum atomic E-state index is 12.5. The highest BCUT2D eigenvalue weighted by atomic mass is 16.7. The van der Waals surface area contributed by atoms with Crippen LogP contribution in [0.3, 0.4) is 0 Å². The maximum Gasteiger partial charge on any atom is 0.294 e. The Morgan fingerprint density at radius 2 is 2.11 bits per heavy atom. The number of phenolic OH excluding ortho intramolecular Hbond substituents is 1. The number of fused-ring (bicyclic) bond motifs is 1. The number of methoxy groups -OCH3 is 1. The van der Waals surface area contributed by atoms with Crippen molar-refractivity contribution in [1.29, 1.82) is 0 Å². The summed E-state index contributed by atoms with van der Waals surface area (Å²) < 4.78 is 6.03. The monoisotopic (exact) mass is 382 g/mol. The second-order valence-electron chi connectivity index (χ2n) is 5.77. The van der Waals surface area contributed by atoms with E-state index in [4.69, 9.17) is 9.57 Å². The molecule has 0 aliphatic carbocycles. The van der Waals surface area contributed by atoms with Crippen molar-refractivity contribution in [2.45, 2.75) is 6.92 Å². The minimum absolute atomic E-state index is 0.0144. The molecular formula is C19H18N4O5. The summed E-state index contributed by atoms with van der Waals surface area (Å²) in [5.74, 6) is 0.256. The minimum Gasteiger partial charge on any atom is -0.507 e. The largest absolute Gasteiger partial charge is 0.507 e. The van der Waals surface area contributed by atoms with Crippen LogP contribution in [0.15, 0.2) is 52.4 Å². The number of carbonyl (C=O) groups is 1. The molecular weight excluding hydrogens is 364 g/mol. The number of carbonyl (C=O) groups excluding carboxylic acids is 1. The number of para-hydroxylation sites is 1. The molecule has 1 amide bonds. The number of hydrazone groups is 1. The molecule has 3 aromatic rings. The van der Waals surface area contributed by atoms with Crippen molar-refractivity contribution in [2.24, 2.45) is 5.10 Å². The Balaban J connectivity index is 1.65. The lowest BCUT2D eigenvalue weighted by Gasteiger charge is -2.11. The fourth-order valence-electron chi connectivity index (χ4n) is 2.47. The molecule has 1 heterocycles. The van der Waals surface area contributed by atoms with Gasteiger partial charge in [0.15, 0.2) is 6.61 Å². The zero-order valence-electron chi connectivity index (χ0n) is 15.2. The van der Waals surface area contributed by atoms with Crippen LogP contribution in [0.1, 0.15) is 11.4 Å². The third-order valence-electron chi connectivity index (χ3n) is 3.85. The van der Waals surface area contributed by atoms with Crippen LogP contribution in [-0.2, 0) is 4.79 Å². The van der Waals surface area contributed by atoms with Crippen LogP contribution in [0.25, 0.3) is 10.9 Å². The van der Waals surface area contributed by atoms with Crippen molar-refractivity contribution in [3.05, 3.63) is 64.2 Å². The molecule has 0 aliphatic rings. The first-order chi connectivity index (χ1) is 13.5. The molecule has 0 saturated carbocycles. The number of phenols is 1. The summed E-state index contributed by atoms with van der Waals surface area (Å²) in [7, 11) is 1.50. The van der Waals surface area contributed by atoms with Gasteiger partial charge in [-0.2, -0.15) is 5.10 Å². The van der Waals surface area contributed by atoms with Gasteiger partial charge in [0, 0.05) is 5.56 Å². The van der Waals surface area contributed by atoms with Crippen molar-refractivity contribution in [1.82, 2.24) is 15.1 Å². The molecule has 144 valence electrons. The third kappa shape index (κ3) is 4.09. The fraction of sp³-hybridized carbons (Fsp3) is 0.158. The average Bonchev–Trinajstić information content (AvgIpc) is 2.69. The van der Waals surface area contributed by atoms with Gasteiger partial charge in [-0.05, 0) is 37.3 Å². The van der Waals surface area contributed by atoms with E-state index in [1.54, 1.807) is 43.3 Å². The Hall–Kier alpha value is -3.88. The SMILES string of the molecule is COc1ccc(O)c(C=NNC(=O)COn2c(C)nc3ccccc3c2=O)c1. The van der Waals surface area contributed by atoms with Gasteiger partial charge in [-0.3, -0.25) is 9.59 Å². The van der Waals surface area contributed by atoms with Gasteiger partial charge in [0.2, 0.25) is 0 Å². The quantitative estimate of drug-likeness (QED) is 0.485. The molecule has 28 heavy (non-hydrogen) atoms. The predicted octanol–water partition coefficient (Wildman–Crippen LogP) is 0.998. The summed E-state index contributed by atoms with van der Waals surface area (Å²) >= 11 is 0. The van der Waals surface area contributed by atoms with E-state index >= 15 is 0 Å². The summed E-state index contributed by atoms with van der Waals surface area (Å²) in [5.41, 5.74) is 2.78. The molecule has 1 aromatic heterocycles. The Labute approximate surface area is 159 Å². The predicted molar refractivity (Wildman–Crippen MR) is 103 cm³/mol. The number of aromatic nitrogens is 2. The van der Waals surface area contributed by atoms with Gasteiger partial charge in [-0.15, -0.1) is 4.73 Å². The standard InChI is InChI=1S/C19H18N4O5/c1-12-21-16-6-4-3-5-15(16)19(26)23(12)28-11-18(25)22-20-10-13-9-14(27-2)7-8-17(13)24/h3-10,24H,11H2,1-2H3,(H,22,25). The van der Waals surface area contributed by atoms with Crippen LogP contribution in [0.2, 0.25) is 0 Å². The lowest BCUT2D eigenvalue weighted by molar-refractivity contribution is -0.126. The zero-order valence-corrected chi connectivity index (χ0v) is 15.2. The van der Waals surface area contributed by atoms with Crippen LogP contribution in [0.5, 0.6) is 11.5 Å². The molecule has 0 spiro atoms. The van der Waals surface area contributed by atoms with Gasteiger partial charge in [0.25, 0.3) is 11.5 Å². The van der Waals surface area contributed by atoms with Crippen LogP contribution in [-0.4, -0.2) is 40.7 Å². The third-order valence-corrected chi connectivity index (χ3v) is 3.85. The smallest absolute Gasteiger partial charge is 0.294 e. The van der Waals surface area contributed by atoms with Crippen LogP contribution >= 0.6 is 0 Å². The normalized spacial score (nSPS) is 10.9. The first kappa shape index (κ1) is 18.9. The van der Waals surface area contributed by atoms with Crippen molar-refractivity contribution < 1.29 is 19.5 Å². The van der Waals surface area contributed by atoms with Gasteiger partial charge in [0.1, 0.15) is 17.3 Å². The molecule has 0 bridgehead atoms. The number of aromatic hydroxyl groups is 1. The highest BCUT2D eigenvalue weighted by Crippen LogP contribution is 2.20. The molecule has 0 atom stereocenters. The summed E-state index contributed by atoms with van der Waals surface area (Å²) in [6.07, 6.45) is 1.27. The average molecular weight is 382 g/mol. The second-order valence-corrected chi connectivity index (χ2v) is 5.77. The summed E-state index contributed by atoms with van der Waals surface area (Å²) in [5, 5.41) is 13.9. The molecule has 9 heteroatoms. The molecule has 9 nitrogen and oxygen atoms in total. The zero-order chi connectivity index (χ0) is 20.1. The van der Waals surface area contributed by atoms with E-state index in [0.717, 1.165) is 4.73 Å².